The maximum Gasteiger partial charge on any atom is 0.449 e. The van der Waals surface area contributed by atoms with Gasteiger partial charge in [0.2, 0.25) is 5.76 Å². The average molecular weight is 229 g/mol. The minimum Gasteiger partial charge on any atom is -0.451 e. The van der Waals surface area contributed by atoms with E-state index >= 15 is 0 Å². The molecule has 0 spiro atoms. The molecule has 0 aliphatic carbocycles. The van der Waals surface area contributed by atoms with E-state index in [1.165, 1.54) is 6.07 Å². The van der Waals surface area contributed by atoms with Gasteiger partial charge in [0, 0.05) is 11.4 Å². The van der Waals surface area contributed by atoms with Gasteiger partial charge in [-0.2, -0.15) is 13.2 Å². The van der Waals surface area contributed by atoms with E-state index in [9.17, 15) is 13.2 Å². The van der Waals surface area contributed by atoms with Crippen molar-refractivity contribution in [3.63, 3.8) is 0 Å². The SMILES string of the molecule is CC(N)c1ccc2cc(C(F)(F)F)oc2c1. The highest BCUT2D eigenvalue weighted by molar-refractivity contribution is 5.78. The first-order valence-corrected chi connectivity index (χ1v) is 4.74. The predicted octanol–water partition coefficient (Wildman–Crippen LogP) is 3.47. The third-order valence-electron chi connectivity index (χ3n) is 2.35. The van der Waals surface area contributed by atoms with Crippen molar-refractivity contribution in [3.05, 3.63) is 35.6 Å². The summed E-state index contributed by atoms with van der Waals surface area (Å²) in [6.45, 7) is 1.76. The second kappa shape index (κ2) is 3.52. The molecule has 0 amide bonds. The third-order valence-corrected chi connectivity index (χ3v) is 2.35. The molecule has 0 aliphatic heterocycles. The zero-order valence-corrected chi connectivity index (χ0v) is 8.51. The van der Waals surface area contributed by atoms with Crippen molar-refractivity contribution in [1.29, 1.82) is 0 Å². The van der Waals surface area contributed by atoms with Crippen LogP contribution in [0.25, 0.3) is 11.0 Å². The zero-order chi connectivity index (χ0) is 11.9. The number of alkyl halides is 3. The summed E-state index contributed by atoms with van der Waals surface area (Å²) in [5.74, 6) is -0.982. The molecular weight excluding hydrogens is 219 g/mol. The van der Waals surface area contributed by atoms with Crippen LogP contribution >= 0.6 is 0 Å². The van der Waals surface area contributed by atoms with E-state index in [2.05, 4.69) is 0 Å². The van der Waals surface area contributed by atoms with Gasteiger partial charge in [0.05, 0.1) is 0 Å². The van der Waals surface area contributed by atoms with Crippen LogP contribution in [-0.4, -0.2) is 0 Å². The van der Waals surface area contributed by atoms with E-state index in [1.54, 1.807) is 19.1 Å². The van der Waals surface area contributed by atoms with Crippen molar-refractivity contribution >= 4 is 11.0 Å². The number of hydrogen-bond donors (Lipinski definition) is 1. The first kappa shape index (κ1) is 11.0. The molecule has 0 bridgehead atoms. The van der Waals surface area contributed by atoms with Crippen molar-refractivity contribution < 1.29 is 17.6 Å². The fourth-order valence-electron chi connectivity index (χ4n) is 1.47. The maximum atomic E-state index is 12.4. The average Bonchev–Trinajstić information content (AvgIpc) is 2.58. The molecule has 0 saturated carbocycles. The van der Waals surface area contributed by atoms with Gasteiger partial charge in [0.15, 0.2) is 0 Å². The molecule has 1 aromatic heterocycles. The van der Waals surface area contributed by atoms with Gasteiger partial charge in [-0.05, 0) is 24.6 Å². The highest BCUT2D eigenvalue weighted by Crippen LogP contribution is 2.34. The van der Waals surface area contributed by atoms with Crippen molar-refractivity contribution in [2.75, 3.05) is 0 Å². The van der Waals surface area contributed by atoms with Crippen molar-refractivity contribution in [1.82, 2.24) is 0 Å². The normalized spacial score (nSPS) is 14.3. The number of benzene rings is 1. The summed E-state index contributed by atoms with van der Waals surface area (Å²) in [6.07, 6.45) is -4.45. The number of halogens is 3. The lowest BCUT2D eigenvalue weighted by Gasteiger charge is -2.03. The van der Waals surface area contributed by atoms with Gasteiger partial charge in [0.25, 0.3) is 0 Å². The molecule has 0 fully saturated rings. The van der Waals surface area contributed by atoms with Crippen molar-refractivity contribution in [2.45, 2.75) is 19.1 Å². The molecule has 2 N–H and O–H groups in total. The Morgan fingerprint density at radius 1 is 1.25 bits per heavy atom. The van der Waals surface area contributed by atoms with E-state index in [1.807, 2.05) is 0 Å². The Hall–Kier alpha value is -1.49. The molecule has 1 aromatic carbocycles. The monoisotopic (exact) mass is 229 g/mol. The van der Waals surface area contributed by atoms with Crippen molar-refractivity contribution in [2.24, 2.45) is 5.73 Å². The molecule has 0 aliphatic rings. The van der Waals surface area contributed by atoms with E-state index in [0.29, 0.717) is 5.39 Å². The van der Waals surface area contributed by atoms with Crippen molar-refractivity contribution in [3.8, 4) is 0 Å². The second-order valence-electron chi connectivity index (χ2n) is 3.69. The largest absolute Gasteiger partial charge is 0.451 e. The summed E-state index contributed by atoms with van der Waals surface area (Å²) in [5, 5.41) is 0.428. The first-order chi connectivity index (χ1) is 7.38. The number of fused-ring (bicyclic) bond motifs is 1. The van der Waals surface area contributed by atoms with Crippen LogP contribution in [0.5, 0.6) is 0 Å². The molecule has 5 heteroatoms. The molecular formula is C11H10F3NO. The zero-order valence-electron chi connectivity index (χ0n) is 8.51. The topological polar surface area (TPSA) is 39.2 Å². The highest BCUT2D eigenvalue weighted by Gasteiger charge is 2.35. The minimum absolute atomic E-state index is 0.210. The lowest BCUT2D eigenvalue weighted by Crippen LogP contribution is -2.04. The maximum absolute atomic E-state index is 12.4. The Morgan fingerprint density at radius 2 is 1.94 bits per heavy atom. The number of rotatable bonds is 1. The number of hydrogen-bond acceptors (Lipinski definition) is 2. The number of nitrogens with two attached hydrogens (primary N) is 1. The van der Waals surface area contributed by atoms with Gasteiger partial charge in [-0.1, -0.05) is 12.1 Å². The van der Waals surface area contributed by atoms with E-state index < -0.39 is 11.9 Å². The van der Waals surface area contributed by atoms with Crippen LogP contribution in [0.15, 0.2) is 28.7 Å². The summed E-state index contributed by atoms with van der Waals surface area (Å²) >= 11 is 0. The molecule has 1 atom stereocenters. The van der Waals surface area contributed by atoms with E-state index in [4.69, 9.17) is 10.2 Å². The summed E-state index contributed by atoms with van der Waals surface area (Å²) in [6, 6.07) is 5.56. The highest BCUT2D eigenvalue weighted by atomic mass is 19.4. The standard InChI is InChI=1S/C11H10F3NO/c1-6(15)7-2-3-8-5-10(11(12,13)14)16-9(8)4-7/h2-6H,15H2,1H3. The smallest absolute Gasteiger partial charge is 0.449 e. The Kier molecular flexibility index (Phi) is 2.42. The molecule has 16 heavy (non-hydrogen) atoms. The first-order valence-electron chi connectivity index (χ1n) is 4.74. The van der Waals surface area contributed by atoms with Crippen LogP contribution in [0.2, 0.25) is 0 Å². The van der Waals surface area contributed by atoms with Crippen LogP contribution in [0.1, 0.15) is 24.3 Å². The predicted molar refractivity (Wildman–Crippen MR) is 53.8 cm³/mol. The van der Waals surface area contributed by atoms with Gasteiger partial charge >= 0.3 is 6.18 Å². The van der Waals surface area contributed by atoms with Gasteiger partial charge in [-0.15, -0.1) is 0 Å². The van der Waals surface area contributed by atoms with Crippen LogP contribution in [0, 0.1) is 0 Å². The third kappa shape index (κ3) is 1.90. The molecule has 0 radical (unpaired) electrons. The molecule has 1 heterocycles. The Morgan fingerprint density at radius 3 is 2.50 bits per heavy atom. The molecule has 2 nitrogen and oxygen atoms in total. The lowest BCUT2D eigenvalue weighted by molar-refractivity contribution is -0.152. The minimum atomic E-state index is -4.45. The van der Waals surface area contributed by atoms with Crippen LogP contribution < -0.4 is 5.73 Å². The summed E-state index contributed by atoms with van der Waals surface area (Å²) in [5.41, 5.74) is 6.59. The molecule has 2 rings (SSSR count). The van der Waals surface area contributed by atoms with Gasteiger partial charge in [0.1, 0.15) is 5.58 Å². The number of furan rings is 1. The molecule has 1 unspecified atom stereocenters. The van der Waals surface area contributed by atoms with E-state index in [0.717, 1.165) is 11.6 Å². The second-order valence-corrected chi connectivity index (χ2v) is 3.69. The molecule has 0 saturated heterocycles. The lowest BCUT2D eigenvalue weighted by atomic mass is 10.1. The van der Waals surface area contributed by atoms with Gasteiger partial charge in [-0.3, -0.25) is 0 Å². The molecule has 2 aromatic rings. The van der Waals surface area contributed by atoms with Crippen LogP contribution in [-0.2, 0) is 6.18 Å². The van der Waals surface area contributed by atoms with E-state index in [-0.39, 0.29) is 11.6 Å². The summed E-state index contributed by atoms with van der Waals surface area (Å²) in [4.78, 5) is 0. The quantitative estimate of drug-likeness (QED) is 0.813. The Bertz CT molecular complexity index is 513. The summed E-state index contributed by atoms with van der Waals surface area (Å²) in [7, 11) is 0. The fourth-order valence-corrected chi connectivity index (χ4v) is 1.47. The van der Waals surface area contributed by atoms with Gasteiger partial charge < -0.3 is 10.2 Å². The molecule has 86 valence electrons. The van der Waals surface area contributed by atoms with Gasteiger partial charge in [-0.25, -0.2) is 0 Å². The fraction of sp³-hybridized carbons (Fsp3) is 0.273. The Labute approximate surface area is 89.8 Å². The summed E-state index contributed by atoms with van der Waals surface area (Å²) < 4.78 is 41.8. The van der Waals surface area contributed by atoms with Crippen LogP contribution in [0.4, 0.5) is 13.2 Å². The van der Waals surface area contributed by atoms with Crippen LogP contribution in [0.3, 0.4) is 0 Å². The Balaban J connectivity index is 2.54.